The molecule has 0 unspecified atom stereocenters. The number of aromatic nitrogens is 1. The monoisotopic (exact) mass is 181 g/mol. The van der Waals surface area contributed by atoms with Crippen molar-refractivity contribution in [1.29, 1.82) is 0 Å². The van der Waals surface area contributed by atoms with Crippen LogP contribution in [0.1, 0.15) is 35.6 Å². The van der Waals surface area contributed by atoms with E-state index in [1.807, 2.05) is 31.4 Å². The molecule has 3 nitrogen and oxygen atoms in total. The number of carbonyl (C=O) groups is 1. The minimum absolute atomic E-state index is 0.447. The van der Waals surface area contributed by atoms with Crippen LogP contribution in [0.2, 0.25) is 0 Å². The summed E-state index contributed by atoms with van der Waals surface area (Å²) in [5, 5.41) is 9.00. The third kappa shape index (κ3) is 1.59. The first-order valence-electron chi connectivity index (χ1n) is 4.54. The van der Waals surface area contributed by atoms with E-state index < -0.39 is 5.97 Å². The zero-order valence-electron chi connectivity index (χ0n) is 8.29. The fourth-order valence-electron chi connectivity index (χ4n) is 1.68. The van der Waals surface area contributed by atoms with Gasteiger partial charge in [0.2, 0.25) is 0 Å². The minimum atomic E-state index is -0.827. The van der Waals surface area contributed by atoms with Crippen LogP contribution in [-0.2, 0) is 13.0 Å². The molecule has 0 fully saturated rings. The van der Waals surface area contributed by atoms with Crippen molar-refractivity contribution in [3.05, 3.63) is 23.0 Å². The molecule has 1 N–H and O–H groups in total. The van der Waals surface area contributed by atoms with Gasteiger partial charge in [-0.2, -0.15) is 0 Å². The molecular weight excluding hydrogens is 166 g/mol. The van der Waals surface area contributed by atoms with Gasteiger partial charge in [-0.3, -0.25) is 0 Å². The first-order chi connectivity index (χ1) is 6.11. The molecule has 0 aliphatic heterocycles. The Balaban J connectivity index is 3.32. The van der Waals surface area contributed by atoms with Crippen molar-refractivity contribution in [1.82, 2.24) is 4.57 Å². The Labute approximate surface area is 78.0 Å². The third-order valence-electron chi connectivity index (χ3n) is 2.28. The van der Waals surface area contributed by atoms with Crippen LogP contribution in [0, 0.1) is 6.92 Å². The van der Waals surface area contributed by atoms with Gasteiger partial charge in [0.25, 0.3) is 0 Å². The van der Waals surface area contributed by atoms with Crippen LogP contribution in [0.4, 0.5) is 0 Å². The molecule has 1 heterocycles. The first kappa shape index (κ1) is 9.84. The fraction of sp³-hybridized carbons (Fsp3) is 0.500. The van der Waals surface area contributed by atoms with Crippen molar-refractivity contribution >= 4 is 5.97 Å². The molecule has 13 heavy (non-hydrogen) atoms. The van der Waals surface area contributed by atoms with Gasteiger partial charge in [0.15, 0.2) is 0 Å². The molecule has 0 amide bonds. The lowest BCUT2D eigenvalue weighted by molar-refractivity contribution is 0.0683. The zero-order valence-corrected chi connectivity index (χ0v) is 8.29. The lowest BCUT2D eigenvalue weighted by Crippen LogP contribution is -2.10. The molecule has 0 atom stereocenters. The summed E-state index contributed by atoms with van der Waals surface area (Å²) in [6.45, 7) is 6.59. The van der Waals surface area contributed by atoms with E-state index in [9.17, 15) is 4.79 Å². The van der Waals surface area contributed by atoms with Crippen molar-refractivity contribution < 1.29 is 9.90 Å². The standard InChI is InChI=1S/C10H15NO2/c1-4-8-6-7(3)11(5-2)9(8)10(12)13/h6H,4-5H2,1-3H3,(H,12,13). The fourth-order valence-corrected chi connectivity index (χ4v) is 1.68. The van der Waals surface area contributed by atoms with Crippen molar-refractivity contribution in [3.63, 3.8) is 0 Å². The molecule has 0 aromatic carbocycles. The smallest absolute Gasteiger partial charge is 0.352 e. The summed E-state index contributed by atoms with van der Waals surface area (Å²) < 4.78 is 1.83. The number of aryl methyl sites for hydroxylation is 2. The van der Waals surface area contributed by atoms with Crippen LogP contribution < -0.4 is 0 Å². The molecule has 0 saturated carbocycles. The lowest BCUT2D eigenvalue weighted by Gasteiger charge is -2.05. The van der Waals surface area contributed by atoms with E-state index in [4.69, 9.17) is 5.11 Å². The average Bonchev–Trinajstić information content (AvgIpc) is 2.41. The van der Waals surface area contributed by atoms with Gasteiger partial charge in [-0.25, -0.2) is 4.79 Å². The first-order valence-corrected chi connectivity index (χ1v) is 4.54. The predicted octanol–water partition coefficient (Wildman–Crippen LogP) is 2.08. The summed E-state index contributed by atoms with van der Waals surface area (Å²) in [6.07, 6.45) is 0.773. The van der Waals surface area contributed by atoms with Gasteiger partial charge in [-0.05, 0) is 31.9 Å². The van der Waals surface area contributed by atoms with Gasteiger partial charge in [-0.15, -0.1) is 0 Å². The maximum absolute atomic E-state index is 11.0. The molecule has 72 valence electrons. The van der Waals surface area contributed by atoms with Crippen molar-refractivity contribution in [2.45, 2.75) is 33.7 Å². The number of nitrogens with zero attached hydrogens (tertiary/aromatic N) is 1. The molecule has 0 aliphatic carbocycles. The molecule has 0 saturated heterocycles. The normalized spacial score (nSPS) is 10.4. The largest absolute Gasteiger partial charge is 0.477 e. The zero-order chi connectivity index (χ0) is 10.0. The highest BCUT2D eigenvalue weighted by Gasteiger charge is 2.16. The number of carboxylic acid groups (broad SMARTS) is 1. The predicted molar refractivity (Wildman–Crippen MR) is 51.2 cm³/mol. The van der Waals surface area contributed by atoms with Gasteiger partial charge >= 0.3 is 5.97 Å². The van der Waals surface area contributed by atoms with Crippen molar-refractivity contribution in [2.24, 2.45) is 0 Å². The van der Waals surface area contributed by atoms with Crippen LogP contribution in [0.5, 0.6) is 0 Å². The third-order valence-corrected chi connectivity index (χ3v) is 2.28. The maximum Gasteiger partial charge on any atom is 0.352 e. The molecule has 1 aromatic rings. The number of hydrogen-bond donors (Lipinski definition) is 1. The molecule has 1 aromatic heterocycles. The second-order valence-corrected chi connectivity index (χ2v) is 3.06. The number of rotatable bonds is 3. The van der Waals surface area contributed by atoms with Crippen LogP contribution in [-0.4, -0.2) is 15.6 Å². The van der Waals surface area contributed by atoms with E-state index in [0.717, 1.165) is 17.7 Å². The Bertz CT molecular complexity index is 326. The highest BCUT2D eigenvalue weighted by atomic mass is 16.4. The van der Waals surface area contributed by atoms with Gasteiger partial charge < -0.3 is 9.67 Å². The Morgan fingerprint density at radius 3 is 2.54 bits per heavy atom. The molecule has 0 bridgehead atoms. The Kier molecular flexibility index (Phi) is 2.76. The Morgan fingerprint density at radius 2 is 2.15 bits per heavy atom. The van der Waals surface area contributed by atoms with Crippen molar-refractivity contribution in [2.75, 3.05) is 0 Å². The van der Waals surface area contributed by atoms with E-state index in [2.05, 4.69) is 0 Å². The van der Waals surface area contributed by atoms with E-state index >= 15 is 0 Å². The van der Waals surface area contributed by atoms with Gasteiger partial charge in [0.05, 0.1) is 0 Å². The summed E-state index contributed by atoms with van der Waals surface area (Å²) in [4.78, 5) is 11.0. The highest BCUT2D eigenvalue weighted by Crippen LogP contribution is 2.16. The molecule has 0 aliphatic rings. The van der Waals surface area contributed by atoms with E-state index in [-0.39, 0.29) is 0 Å². The van der Waals surface area contributed by atoms with Crippen molar-refractivity contribution in [3.8, 4) is 0 Å². The van der Waals surface area contributed by atoms with E-state index in [1.165, 1.54) is 0 Å². The van der Waals surface area contributed by atoms with E-state index in [0.29, 0.717) is 12.2 Å². The highest BCUT2D eigenvalue weighted by molar-refractivity contribution is 5.88. The summed E-state index contributed by atoms with van der Waals surface area (Å²) in [7, 11) is 0. The summed E-state index contributed by atoms with van der Waals surface area (Å²) in [5.41, 5.74) is 2.39. The van der Waals surface area contributed by atoms with Crippen LogP contribution in [0.25, 0.3) is 0 Å². The molecular formula is C10H15NO2. The average molecular weight is 181 g/mol. The number of aromatic carboxylic acids is 1. The molecule has 0 radical (unpaired) electrons. The van der Waals surface area contributed by atoms with Gasteiger partial charge in [-0.1, -0.05) is 6.92 Å². The van der Waals surface area contributed by atoms with Crippen LogP contribution >= 0.6 is 0 Å². The summed E-state index contributed by atoms with van der Waals surface area (Å²) in [6, 6.07) is 1.95. The lowest BCUT2D eigenvalue weighted by atomic mass is 10.2. The molecule has 3 heteroatoms. The van der Waals surface area contributed by atoms with Gasteiger partial charge in [0, 0.05) is 12.2 Å². The Hall–Kier alpha value is -1.25. The summed E-state index contributed by atoms with van der Waals surface area (Å²) >= 11 is 0. The second-order valence-electron chi connectivity index (χ2n) is 3.06. The molecule has 0 spiro atoms. The van der Waals surface area contributed by atoms with Crippen LogP contribution in [0.15, 0.2) is 6.07 Å². The van der Waals surface area contributed by atoms with E-state index in [1.54, 1.807) is 0 Å². The topological polar surface area (TPSA) is 42.2 Å². The minimum Gasteiger partial charge on any atom is -0.477 e. The van der Waals surface area contributed by atoms with Gasteiger partial charge in [0.1, 0.15) is 5.69 Å². The summed E-state index contributed by atoms with van der Waals surface area (Å²) in [5.74, 6) is -0.827. The quantitative estimate of drug-likeness (QED) is 0.775. The Morgan fingerprint density at radius 1 is 1.54 bits per heavy atom. The molecule has 1 rings (SSSR count). The number of carboxylic acids is 1. The van der Waals surface area contributed by atoms with Crippen LogP contribution in [0.3, 0.4) is 0 Å². The SMILES string of the molecule is CCc1cc(C)n(CC)c1C(=O)O. The second kappa shape index (κ2) is 3.64. The maximum atomic E-state index is 11.0. The number of hydrogen-bond acceptors (Lipinski definition) is 1.